The summed E-state index contributed by atoms with van der Waals surface area (Å²) in [6, 6.07) is 3.64. The lowest BCUT2D eigenvalue weighted by Crippen LogP contribution is -2.44. The average Bonchev–Trinajstić information content (AvgIpc) is 2.43. The molecule has 0 aliphatic carbocycles. The number of nitrogens with one attached hydrogen (secondary N) is 1. The van der Waals surface area contributed by atoms with Crippen LogP contribution >= 0.6 is 15.9 Å². The molecule has 0 heterocycles. The van der Waals surface area contributed by atoms with Gasteiger partial charge < -0.3 is 9.47 Å². The van der Waals surface area contributed by atoms with E-state index in [2.05, 4.69) is 25.4 Å². The first kappa shape index (κ1) is 17.9. The number of methoxy groups -OCH3 is 2. The zero-order valence-electron chi connectivity index (χ0n) is 12.2. The summed E-state index contributed by atoms with van der Waals surface area (Å²) in [6.07, 6.45) is 0. The van der Waals surface area contributed by atoms with Gasteiger partial charge in [-0.15, -0.1) is 0 Å². The fraction of sp³-hybridized carbons (Fsp3) is 0.462. The molecule has 0 aliphatic heterocycles. The first-order valence-electron chi connectivity index (χ1n) is 6.16. The number of ether oxygens (including phenoxy) is 2. The molecule has 1 aromatic carbocycles. The molecule has 1 aromatic rings. The Labute approximate surface area is 133 Å². The maximum atomic E-state index is 12.5. The van der Waals surface area contributed by atoms with Gasteiger partial charge in [0.15, 0.2) is 0 Å². The van der Waals surface area contributed by atoms with Crippen LogP contribution in [-0.4, -0.2) is 34.6 Å². The van der Waals surface area contributed by atoms with E-state index >= 15 is 0 Å². The van der Waals surface area contributed by atoms with Crippen molar-refractivity contribution in [3.63, 3.8) is 0 Å². The molecular formula is C13H18BrNO5S. The van der Waals surface area contributed by atoms with Gasteiger partial charge in [0.25, 0.3) is 0 Å². The Morgan fingerprint density at radius 3 is 2.38 bits per heavy atom. The van der Waals surface area contributed by atoms with Crippen LogP contribution in [0.3, 0.4) is 0 Å². The summed E-state index contributed by atoms with van der Waals surface area (Å²) in [5.74, 6) is -0.703. The average molecular weight is 380 g/mol. The van der Waals surface area contributed by atoms with Gasteiger partial charge in [0.05, 0.1) is 14.2 Å². The highest BCUT2D eigenvalue weighted by molar-refractivity contribution is 9.10. The number of hydrogen-bond donors (Lipinski definition) is 1. The van der Waals surface area contributed by atoms with Gasteiger partial charge in [-0.05, 0) is 24.1 Å². The van der Waals surface area contributed by atoms with Gasteiger partial charge in [-0.25, -0.2) is 8.42 Å². The normalized spacial score (nSPS) is 13.0. The summed E-state index contributed by atoms with van der Waals surface area (Å²) in [7, 11) is -1.34. The third-order valence-electron chi connectivity index (χ3n) is 2.82. The summed E-state index contributed by atoms with van der Waals surface area (Å²) < 4.78 is 37.6. The van der Waals surface area contributed by atoms with Crippen molar-refractivity contribution in [3.8, 4) is 5.75 Å². The van der Waals surface area contributed by atoms with Gasteiger partial charge in [0, 0.05) is 4.47 Å². The van der Waals surface area contributed by atoms with Crippen molar-refractivity contribution in [2.24, 2.45) is 5.92 Å². The van der Waals surface area contributed by atoms with Crippen molar-refractivity contribution in [3.05, 3.63) is 22.7 Å². The third kappa shape index (κ3) is 4.42. The maximum Gasteiger partial charge on any atom is 0.324 e. The molecule has 0 spiro atoms. The number of esters is 1. The van der Waals surface area contributed by atoms with Gasteiger partial charge in [-0.2, -0.15) is 4.72 Å². The highest BCUT2D eigenvalue weighted by Gasteiger charge is 2.30. The molecule has 0 saturated heterocycles. The van der Waals surface area contributed by atoms with Crippen LogP contribution < -0.4 is 9.46 Å². The van der Waals surface area contributed by atoms with E-state index in [9.17, 15) is 13.2 Å². The summed E-state index contributed by atoms with van der Waals surface area (Å²) in [5.41, 5.74) is 0. The quantitative estimate of drug-likeness (QED) is 0.763. The van der Waals surface area contributed by atoms with Gasteiger partial charge >= 0.3 is 5.97 Å². The first-order valence-corrected chi connectivity index (χ1v) is 8.44. The van der Waals surface area contributed by atoms with E-state index in [1.807, 2.05) is 0 Å². The molecule has 0 unspecified atom stereocenters. The lowest BCUT2D eigenvalue weighted by Gasteiger charge is -2.20. The lowest BCUT2D eigenvalue weighted by molar-refractivity contribution is -0.143. The highest BCUT2D eigenvalue weighted by atomic mass is 79.9. The third-order valence-corrected chi connectivity index (χ3v) is 4.77. The van der Waals surface area contributed by atoms with Crippen molar-refractivity contribution in [2.75, 3.05) is 14.2 Å². The molecule has 6 nitrogen and oxygen atoms in total. The predicted octanol–water partition coefficient (Wildman–Crippen LogP) is 1.93. The first-order chi connectivity index (χ1) is 9.72. The molecule has 1 N–H and O–H groups in total. The Morgan fingerprint density at radius 1 is 1.29 bits per heavy atom. The smallest absolute Gasteiger partial charge is 0.324 e. The molecule has 8 heteroatoms. The monoisotopic (exact) mass is 379 g/mol. The molecule has 0 bridgehead atoms. The van der Waals surface area contributed by atoms with E-state index in [1.165, 1.54) is 26.4 Å². The number of benzene rings is 1. The van der Waals surface area contributed by atoms with Gasteiger partial charge in [0.1, 0.15) is 16.7 Å². The van der Waals surface area contributed by atoms with E-state index in [0.29, 0.717) is 4.47 Å². The zero-order valence-corrected chi connectivity index (χ0v) is 14.6. The lowest BCUT2D eigenvalue weighted by atomic mass is 10.1. The summed E-state index contributed by atoms with van der Waals surface area (Å²) in [6.45, 7) is 3.45. The van der Waals surface area contributed by atoms with Crippen LogP contribution in [0.2, 0.25) is 0 Å². The molecule has 118 valence electrons. The van der Waals surface area contributed by atoms with Crippen LogP contribution in [0.5, 0.6) is 5.75 Å². The molecule has 21 heavy (non-hydrogen) atoms. The van der Waals surface area contributed by atoms with E-state index in [-0.39, 0.29) is 16.6 Å². The summed E-state index contributed by atoms with van der Waals surface area (Å²) in [4.78, 5) is 11.6. The minimum absolute atomic E-state index is 0.0473. The summed E-state index contributed by atoms with van der Waals surface area (Å²) in [5, 5.41) is 0. The fourth-order valence-corrected chi connectivity index (χ4v) is 3.72. The Kier molecular flexibility index (Phi) is 6.18. The van der Waals surface area contributed by atoms with Crippen LogP contribution in [0.25, 0.3) is 0 Å². The van der Waals surface area contributed by atoms with E-state index in [0.717, 1.165) is 0 Å². The largest absolute Gasteiger partial charge is 0.495 e. The number of rotatable bonds is 6. The van der Waals surface area contributed by atoms with E-state index < -0.39 is 22.0 Å². The molecule has 1 rings (SSSR count). The van der Waals surface area contributed by atoms with Crippen molar-refractivity contribution in [1.82, 2.24) is 4.72 Å². The SMILES string of the molecule is COC(=O)[C@@H](NS(=O)(=O)c1cc(Br)ccc1OC)C(C)C. The maximum absolute atomic E-state index is 12.5. The van der Waals surface area contributed by atoms with E-state index in [1.54, 1.807) is 19.9 Å². The number of halogens is 1. The molecule has 1 atom stereocenters. The second-order valence-corrected chi connectivity index (χ2v) is 7.26. The Balaban J connectivity index is 3.22. The van der Waals surface area contributed by atoms with Crippen LogP contribution in [0.4, 0.5) is 0 Å². The van der Waals surface area contributed by atoms with Gasteiger partial charge in [0.2, 0.25) is 10.0 Å². The second-order valence-electron chi connectivity index (χ2n) is 4.66. The summed E-state index contributed by atoms with van der Waals surface area (Å²) >= 11 is 3.22. The van der Waals surface area contributed by atoms with Gasteiger partial charge in [-0.1, -0.05) is 29.8 Å². The zero-order chi connectivity index (χ0) is 16.2. The fourth-order valence-electron chi connectivity index (χ4n) is 1.67. The molecule has 0 saturated carbocycles. The van der Waals surface area contributed by atoms with Crippen molar-refractivity contribution in [2.45, 2.75) is 24.8 Å². The number of sulfonamides is 1. The van der Waals surface area contributed by atoms with Crippen LogP contribution in [0.15, 0.2) is 27.6 Å². The number of carbonyl (C=O) groups excluding carboxylic acids is 1. The Bertz CT molecular complexity index is 615. The standard InChI is InChI=1S/C13H18BrNO5S/c1-8(2)12(13(16)20-4)15-21(17,18)11-7-9(14)5-6-10(11)19-3/h5-8,12,15H,1-4H3/t12-/m0/s1. The topological polar surface area (TPSA) is 81.7 Å². The Hall–Kier alpha value is -1.12. The number of hydrogen-bond acceptors (Lipinski definition) is 5. The minimum atomic E-state index is -3.93. The molecule has 0 amide bonds. The molecule has 0 aromatic heterocycles. The Morgan fingerprint density at radius 2 is 1.90 bits per heavy atom. The van der Waals surface area contributed by atoms with Crippen molar-refractivity contribution in [1.29, 1.82) is 0 Å². The van der Waals surface area contributed by atoms with Crippen LogP contribution in [-0.2, 0) is 19.6 Å². The van der Waals surface area contributed by atoms with Crippen molar-refractivity contribution >= 4 is 31.9 Å². The predicted molar refractivity (Wildman–Crippen MR) is 81.7 cm³/mol. The minimum Gasteiger partial charge on any atom is -0.495 e. The molecule has 0 aliphatic rings. The molecular weight excluding hydrogens is 362 g/mol. The van der Waals surface area contributed by atoms with Crippen LogP contribution in [0.1, 0.15) is 13.8 Å². The number of carbonyl (C=O) groups is 1. The molecule has 0 fully saturated rings. The van der Waals surface area contributed by atoms with Crippen molar-refractivity contribution < 1.29 is 22.7 Å². The second kappa shape index (κ2) is 7.24. The van der Waals surface area contributed by atoms with Crippen LogP contribution in [0, 0.1) is 5.92 Å². The van der Waals surface area contributed by atoms with E-state index in [4.69, 9.17) is 4.74 Å². The van der Waals surface area contributed by atoms with Gasteiger partial charge in [-0.3, -0.25) is 4.79 Å². The highest BCUT2D eigenvalue weighted by Crippen LogP contribution is 2.27. The molecule has 0 radical (unpaired) electrons.